The topological polar surface area (TPSA) is 27.0 Å². The molecule has 0 heterocycles. The SMILES string of the molecule is CC(C1CC1)N(CCC#N)Cc1cccc2ccccc12. The van der Waals surface area contributed by atoms with Crippen molar-refractivity contribution in [1.29, 1.82) is 5.26 Å². The van der Waals surface area contributed by atoms with Gasteiger partial charge in [0.05, 0.1) is 6.07 Å². The summed E-state index contributed by atoms with van der Waals surface area (Å²) in [6.45, 7) is 4.14. The molecule has 1 unspecified atom stereocenters. The van der Waals surface area contributed by atoms with Crippen LogP contribution >= 0.6 is 0 Å². The molecule has 2 aromatic carbocycles. The van der Waals surface area contributed by atoms with Crippen molar-refractivity contribution >= 4 is 10.8 Å². The minimum atomic E-state index is 0.581. The fraction of sp³-hybridized carbons (Fsp3) is 0.421. The van der Waals surface area contributed by atoms with Crippen LogP contribution < -0.4 is 0 Å². The Morgan fingerprint density at radius 2 is 1.95 bits per heavy atom. The Hall–Kier alpha value is -1.85. The number of benzene rings is 2. The van der Waals surface area contributed by atoms with Gasteiger partial charge in [0.1, 0.15) is 0 Å². The van der Waals surface area contributed by atoms with Crippen LogP contribution in [0.5, 0.6) is 0 Å². The Morgan fingerprint density at radius 3 is 2.71 bits per heavy atom. The molecule has 0 saturated heterocycles. The average Bonchev–Trinajstić information content (AvgIpc) is 3.35. The first-order valence-corrected chi connectivity index (χ1v) is 7.87. The van der Waals surface area contributed by atoms with E-state index in [9.17, 15) is 0 Å². The average molecular weight is 278 g/mol. The third-order valence-corrected chi connectivity index (χ3v) is 4.64. The van der Waals surface area contributed by atoms with Gasteiger partial charge in [-0.3, -0.25) is 4.90 Å². The minimum absolute atomic E-state index is 0.581. The summed E-state index contributed by atoms with van der Waals surface area (Å²) in [5, 5.41) is 11.6. The summed E-state index contributed by atoms with van der Waals surface area (Å²) in [6.07, 6.45) is 3.31. The van der Waals surface area contributed by atoms with E-state index in [0.29, 0.717) is 12.5 Å². The van der Waals surface area contributed by atoms with Crippen molar-refractivity contribution in [3.05, 3.63) is 48.0 Å². The van der Waals surface area contributed by atoms with Crippen LogP contribution in [0.3, 0.4) is 0 Å². The highest BCUT2D eigenvalue weighted by Crippen LogP contribution is 2.36. The van der Waals surface area contributed by atoms with Gasteiger partial charge in [-0.05, 0) is 42.0 Å². The molecule has 2 aromatic rings. The third kappa shape index (κ3) is 3.25. The molecule has 1 aliphatic rings. The van der Waals surface area contributed by atoms with Crippen LogP contribution in [0.15, 0.2) is 42.5 Å². The summed E-state index contributed by atoms with van der Waals surface area (Å²) in [5.74, 6) is 0.832. The zero-order chi connectivity index (χ0) is 14.7. The molecule has 0 aromatic heterocycles. The second-order valence-corrected chi connectivity index (χ2v) is 6.09. The highest BCUT2D eigenvalue weighted by atomic mass is 15.2. The number of rotatable bonds is 6. The van der Waals surface area contributed by atoms with Crippen molar-refractivity contribution in [2.24, 2.45) is 5.92 Å². The molecule has 0 aliphatic heterocycles. The lowest BCUT2D eigenvalue weighted by atomic mass is 10.0. The van der Waals surface area contributed by atoms with Crippen LogP contribution in [-0.2, 0) is 6.54 Å². The van der Waals surface area contributed by atoms with E-state index in [1.807, 2.05) is 0 Å². The van der Waals surface area contributed by atoms with Crippen LogP contribution in [0.1, 0.15) is 31.7 Å². The van der Waals surface area contributed by atoms with Gasteiger partial charge in [0, 0.05) is 25.6 Å². The summed E-state index contributed by atoms with van der Waals surface area (Å²) in [7, 11) is 0. The Morgan fingerprint density at radius 1 is 1.19 bits per heavy atom. The maximum Gasteiger partial charge on any atom is 0.0635 e. The lowest BCUT2D eigenvalue weighted by molar-refractivity contribution is 0.185. The molecule has 2 heteroatoms. The van der Waals surface area contributed by atoms with Crippen molar-refractivity contribution in [3.63, 3.8) is 0 Å². The molecule has 108 valence electrons. The van der Waals surface area contributed by atoms with Gasteiger partial charge in [0.25, 0.3) is 0 Å². The normalized spacial score (nSPS) is 16.0. The smallest absolute Gasteiger partial charge is 0.0635 e. The quantitative estimate of drug-likeness (QED) is 0.785. The number of nitriles is 1. The first-order chi connectivity index (χ1) is 10.3. The fourth-order valence-corrected chi connectivity index (χ4v) is 3.15. The molecule has 0 N–H and O–H groups in total. The predicted octanol–water partition coefficient (Wildman–Crippen LogP) is 4.35. The second kappa shape index (κ2) is 6.28. The van der Waals surface area contributed by atoms with E-state index >= 15 is 0 Å². The first kappa shape index (κ1) is 14.1. The van der Waals surface area contributed by atoms with Crippen LogP contribution in [0, 0.1) is 17.2 Å². The van der Waals surface area contributed by atoms with Gasteiger partial charge in [-0.25, -0.2) is 0 Å². The Kier molecular flexibility index (Phi) is 4.22. The number of hydrogen-bond donors (Lipinski definition) is 0. The molecule has 1 saturated carbocycles. The van der Waals surface area contributed by atoms with E-state index in [2.05, 4.69) is 60.4 Å². The third-order valence-electron chi connectivity index (χ3n) is 4.64. The van der Waals surface area contributed by atoms with Gasteiger partial charge in [0.2, 0.25) is 0 Å². The molecule has 0 radical (unpaired) electrons. The molecule has 3 rings (SSSR count). The van der Waals surface area contributed by atoms with Gasteiger partial charge < -0.3 is 0 Å². The predicted molar refractivity (Wildman–Crippen MR) is 86.8 cm³/mol. The van der Waals surface area contributed by atoms with E-state index in [1.165, 1.54) is 29.2 Å². The van der Waals surface area contributed by atoms with E-state index in [1.54, 1.807) is 0 Å². The standard InChI is InChI=1S/C19H22N2/c1-15(16-10-11-16)21(13-5-12-20)14-18-8-4-7-17-6-2-3-9-19(17)18/h2-4,6-9,15-16H,5,10-11,13-14H2,1H3. The van der Waals surface area contributed by atoms with E-state index in [-0.39, 0.29) is 0 Å². The molecular weight excluding hydrogens is 256 g/mol. The van der Waals surface area contributed by atoms with E-state index in [4.69, 9.17) is 5.26 Å². The van der Waals surface area contributed by atoms with Crippen molar-refractivity contribution in [3.8, 4) is 6.07 Å². The van der Waals surface area contributed by atoms with Crippen molar-refractivity contribution in [2.75, 3.05) is 6.54 Å². The first-order valence-electron chi connectivity index (χ1n) is 7.87. The van der Waals surface area contributed by atoms with Gasteiger partial charge in [-0.1, -0.05) is 42.5 Å². The summed E-state index contributed by atoms with van der Waals surface area (Å²) >= 11 is 0. The maximum absolute atomic E-state index is 8.91. The molecule has 1 atom stereocenters. The van der Waals surface area contributed by atoms with Gasteiger partial charge in [-0.2, -0.15) is 5.26 Å². The Labute approximate surface area is 127 Å². The largest absolute Gasteiger partial charge is 0.295 e. The highest BCUT2D eigenvalue weighted by Gasteiger charge is 2.31. The van der Waals surface area contributed by atoms with Gasteiger partial charge >= 0.3 is 0 Å². The zero-order valence-electron chi connectivity index (χ0n) is 12.6. The fourth-order valence-electron chi connectivity index (χ4n) is 3.15. The summed E-state index contributed by atoms with van der Waals surface area (Å²) in [5.41, 5.74) is 1.37. The number of hydrogen-bond acceptors (Lipinski definition) is 2. The van der Waals surface area contributed by atoms with E-state index < -0.39 is 0 Å². The summed E-state index contributed by atoms with van der Waals surface area (Å²) in [6, 6.07) is 18.0. The zero-order valence-corrected chi connectivity index (χ0v) is 12.6. The lowest BCUT2D eigenvalue weighted by Gasteiger charge is -2.29. The molecule has 1 fully saturated rings. The highest BCUT2D eigenvalue weighted by molar-refractivity contribution is 5.85. The minimum Gasteiger partial charge on any atom is -0.295 e. The van der Waals surface area contributed by atoms with Crippen LogP contribution in [0.4, 0.5) is 0 Å². The Bertz CT molecular complexity index is 647. The van der Waals surface area contributed by atoms with Crippen molar-refractivity contribution < 1.29 is 0 Å². The summed E-state index contributed by atoms with van der Waals surface area (Å²) in [4.78, 5) is 2.49. The van der Waals surface area contributed by atoms with E-state index in [0.717, 1.165) is 19.0 Å². The Balaban J connectivity index is 1.84. The summed E-state index contributed by atoms with van der Waals surface area (Å²) < 4.78 is 0. The molecule has 2 nitrogen and oxygen atoms in total. The molecule has 21 heavy (non-hydrogen) atoms. The molecule has 1 aliphatic carbocycles. The van der Waals surface area contributed by atoms with Crippen molar-refractivity contribution in [2.45, 2.75) is 38.8 Å². The molecular formula is C19H22N2. The monoisotopic (exact) mass is 278 g/mol. The molecule has 0 spiro atoms. The second-order valence-electron chi connectivity index (χ2n) is 6.09. The van der Waals surface area contributed by atoms with Crippen LogP contribution in [0.2, 0.25) is 0 Å². The van der Waals surface area contributed by atoms with Crippen LogP contribution in [-0.4, -0.2) is 17.5 Å². The number of nitrogens with zero attached hydrogens (tertiary/aromatic N) is 2. The molecule has 0 bridgehead atoms. The molecule has 0 amide bonds. The number of fused-ring (bicyclic) bond motifs is 1. The lowest BCUT2D eigenvalue weighted by Crippen LogP contribution is -2.35. The maximum atomic E-state index is 8.91. The van der Waals surface area contributed by atoms with Crippen LogP contribution in [0.25, 0.3) is 10.8 Å². The van der Waals surface area contributed by atoms with Gasteiger partial charge in [0.15, 0.2) is 0 Å². The van der Waals surface area contributed by atoms with Crippen molar-refractivity contribution in [1.82, 2.24) is 4.90 Å². The van der Waals surface area contributed by atoms with Gasteiger partial charge in [-0.15, -0.1) is 0 Å².